The molecule has 0 saturated heterocycles. The number of amidine groups is 1. The highest BCUT2D eigenvalue weighted by atomic mass is 32.2. The molecule has 0 atom stereocenters. The van der Waals surface area contributed by atoms with Gasteiger partial charge in [-0.05, 0) is 25.5 Å². The van der Waals surface area contributed by atoms with Crippen molar-refractivity contribution < 1.29 is 5.21 Å². The predicted octanol–water partition coefficient (Wildman–Crippen LogP) is 2.48. The number of thioether (sulfide) groups is 1. The van der Waals surface area contributed by atoms with E-state index in [9.17, 15) is 0 Å². The maximum absolute atomic E-state index is 8.78. The molecular formula is C14H16N4OS. The van der Waals surface area contributed by atoms with Crippen LogP contribution in [-0.4, -0.2) is 21.2 Å². The molecule has 1 heterocycles. The molecule has 0 aliphatic rings. The highest BCUT2D eigenvalue weighted by Gasteiger charge is 2.09. The molecule has 0 unspecified atom stereocenters. The Morgan fingerprint density at radius 2 is 2.00 bits per heavy atom. The average Bonchev–Trinajstić information content (AvgIpc) is 2.43. The van der Waals surface area contributed by atoms with E-state index in [0.29, 0.717) is 10.6 Å². The van der Waals surface area contributed by atoms with Crippen LogP contribution in [0.4, 0.5) is 0 Å². The van der Waals surface area contributed by atoms with Crippen LogP contribution in [0, 0.1) is 13.8 Å². The van der Waals surface area contributed by atoms with E-state index in [0.717, 1.165) is 5.75 Å². The maximum Gasteiger partial charge on any atom is 0.172 e. The van der Waals surface area contributed by atoms with Crippen molar-refractivity contribution in [3.05, 3.63) is 52.7 Å². The van der Waals surface area contributed by atoms with Crippen molar-refractivity contribution in [2.75, 3.05) is 0 Å². The van der Waals surface area contributed by atoms with Gasteiger partial charge >= 0.3 is 0 Å². The Balaban J connectivity index is 2.19. The number of hydrogen-bond donors (Lipinski definition) is 2. The summed E-state index contributed by atoms with van der Waals surface area (Å²) in [5.41, 5.74) is 9.90. The van der Waals surface area contributed by atoms with Crippen LogP contribution in [0.25, 0.3) is 0 Å². The number of nitrogens with zero attached hydrogens (tertiary/aromatic N) is 3. The number of rotatable bonds is 4. The van der Waals surface area contributed by atoms with E-state index in [1.165, 1.54) is 34.6 Å². The van der Waals surface area contributed by atoms with Crippen LogP contribution in [0.15, 0.2) is 40.6 Å². The SMILES string of the molecule is Cc1cc(C)cc(CSc2nnccc2/C(N)=N/O)c1. The number of benzene rings is 1. The number of aromatic nitrogens is 2. The van der Waals surface area contributed by atoms with Crippen molar-refractivity contribution in [1.82, 2.24) is 10.2 Å². The van der Waals surface area contributed by atoms with Gasteiger partial charge in [0.25, 0.3) is 0 Å². The van der Waals surface area contributed by atoms with Crippen molar-refractivity contribution in [2.45, 2.75) is 24.6 Å². The summed E-state index contributed by atoms with van der Waals surface area (Å²) in [6, 6.07) is 8.10. The predicted molar refractivity (Wildman–Crippen MR) is 80.0 cm³/mol. The summed E-state index contributed by atoms with van der Waals surface area (Å²) >= 11 is 1.52. The molecule has 0 aliphatic heterocycles. The second-order valence-electron chi connectivity index (χ2n) is 4.52. The molecule has 104 valence electrons. The fraction of sp³-hybridized carbons (Fsp3) is 0.214. The van der Waals surface area contributed by atoms with Gasteiger partial charge in [0, 0.05) is 5.75 Å². The first-order valence-corrected chi connectivity index (χ1v) is 7.08. The summed E-state index contributed by atoms with van der Waals surface area (Å²) in [7, 11) is 0. The zero-order chi connectivity index (χ0) is 14.5. The lowest BCUT2D eigenvalue weighted by molar-refractivity contribution is 0.318. The Morgan fingerprint density at radius 1 is 1.30 bits per heavy atom. The van der Waals surface area contributed by atoms with E-state index < -0.39 is 0 Å². The Bertz CT molecular complexity index is 623. The quantitative estimate of drug-likeness (QED) is 0.297. The molecule has 5 nitrogen and oxygen atoms in total. The molecule has 0 radical (unpaired) electrons. The van der Waals surface area contributed by atoms with Crippen molar-refractivity contribution in [3.63, 3.8) is 0 Å². The topological polar surface area (TPSA) is 84.4 Å². The molecule has 20 heavy (non-hydrogen) atoms. The Labute approximate surface area is 121 Å². The van der Waals surface area contributed by atoms with Crippen molar-refractivity contribution in [2.24, 2.45) is 10.9 Å². The van der Waals surface area contributed by atoms with Crippen molar-refractivity contribution >= 4 is 17.6 Å². The molecule has 0 saturated carbocycles. The minimum Gasteiger partial charge on any atom is -0.409 e. The molecule has 6 heteroatoms. The minimum absolute atomic E-state index is 0.0443. The lowest BCUT2D eigenvalue weighted by Gasteiger charge is -2.07. The molecule has 1 aromatic carbocycles. The molecular weight excluding hydrogens is 272 g/mol. The second-order valence-corrected chi connectivity index (χ2v) is 5.48. The van der Waals surface area contributed by atoms with E-state index >= 15 is 0 Å². The Morgan fingerprint density at radius 3 is 2.65 bits per heavy atom. The third kappa shape index (κ3) is 3.48. The lowest BCUT2D eigenvalue weighted by Crippen LogP contribution is -2.15. The minimum atomic E-state index is 0.0443. The van der Waals surface area contributed by atoms with E-state index in [1.54, 1.807) is 6.07 Å². The number of aryl methyl sites for hydroxylation is 2. The van der Waals surface area contributed by atoms with Crippen LogP contribution in [0.2, 0.25) is 0 Å². The monoisotopic (exact) mass is 288 g/mol. The molecule has 1 aromatic heterocycles. The third-order valence-corrected chi connectivity index (χ3v) is 3.78. The summed E-state index contributed by atoms with van der Waals surface area (Å²) in [5, 5.41) is 20.3. The average molecular weight is 288 g/mol. The molecule has 0 fully saturated rings. The molecule has 0 aliphatic carbocycles. The molecule has 2 rings (SSSR count). The standard InChI is InChI=1S/C14H16N4OS/c1-9-5-10(2)7-11(6-9)8-20-14-12(13(15)18-19)3-4-16-17-14/h3-7,19H,8H2,1-2H3,(H2,15,18). The number of nitrogens with two attached hydrogens (primary N) is 1. The highest BCUT2D eigenvalue weighted by molar-refractivity contribution is 7.98. The third-order valence-electron chi connectivity index (χ3n) is 2.73. The van der Waals surface area contributed by atoms with Crippen molar-refractivity contribution in [3.8, 4) is 0 Å². The van der Waals surface area contributed by atoms with Gasteiger partial charge < -0.3 is 10.9 Å². The lowest BCUT2D eigenvalue weighted by atomic mass is 10.1. The Kier molecular flexibility index (Phi) is 4.57. The zero-order valence-corrected chi connectivity index (χ0v) is 12.2. The smallest absolute Gasteiger partial charge is 0.172 e. The fourth-order valence-corrected chi connectivity index (χ4v) is 2.88. The van der Waals surface area contributed by atoms with Gasteiger partial charge in [-0.1, -0.05) is 46.2 Å². The molecule has 0 bridgehead atoms. The van der Waals surface area contributed by atoms with E-state index in [1.807, 2.05) is 0 Å². The number of hydrogen-bond acceptors (Lipinski definition) is 5. The molecule has 2 aromatic rings. The second kappa shape index (κ2) is 6.38. The zero-order valence-electron chi connectivity index (χ0n) is 11.4. The summed E-state index contributed by atoms with van der Waals surface area (Å²) in [6.45, 7) is 4.15. The van der Waals surface area contributed by atoms with Crippen molar-refractivity contribution in [1.29, 1.82) is 0 Å². The van der Waals surface area contributed by atoms with Gasteiger partial charge in [0.1, 0.15) is 5.03 Å². The first-order chi connectivity index (χ1) is 9.60. The van der Waals surface area contributed by atoms with Gasteiger partial charge in [0.15, 0.2) is 5.84 Å². The van der Waals surface area contributed by atoms with Gasteiger partial charge in [-0.3, -0.25) is 0 Å². The summed E-state index contributed by atoms with van der Waals surface area (Å²) < 4.78 is 0. The van der Waals surface area contributed by atoms with Crippen LogP contribution in [0.5, 0.6) is 0 Å². The summed E-state index contributed by atoms with van der Waals surface area (Å²) in [5.74, 6) is 0.801. The van der Waals surface area contributed by atoms with Gasteiger partial charge in [-0.25, -0.2) is 0 Å². The first kappa shape index (κ1) is 14.3. The van der Waals surface area contributed by atoms with Crippen LogP contribution in [0.1, 0.15) is 22.3 Å². The van der Waals surface area contributed by atoms with Gasteiger partial charge in [0.05, 0.1) is 11.8 Å². The first-order valence-electron chi connectivity index (χ1n) is 6.09. The summed E-state index contributed by atoms with van der Waals surface area (Å²) in [4.78, 5) is 0. The van der Waals surface area contributed by atoms with E-state index in [2.05, 4.69) is 47.4 Å². The molecule has 3 N–H and O–H groups in total. The van der Waals surface area contributed by atoms with E-state index in [4.69, 9.17) is 10.9 Å². The normalized spacial score (nSPS) is 11.6. The Hall–Kier alpha value is -2.08. The van der Waals surface area contributed by atoms with Gasteiger partial charge in [0.2, 0.25) is 0 Å². The largest absolute Gasteiger partial charge is 0.409 e. The molecule has 0 spiro atoms. The molecule has 0 amide bonds. The van der Waals surface area contributed by atoms with E-state index in [-0.39, 0.29) is 5.84 Å². The van der Waals surface area contributed by atoms with Crippen LogP contribution < -0.4 is 5.73 Å². The maximum atomic E-state index is 8.78. The van der Waals surface area contributed by atoms with Gasteiger partial charge in [-0.15, -0.1) is 5.10 Å². The highest BCUT2D eigenvalue weighted by Crippen LogP contribution is 2.24. The van der Waals surface area contributed by atoms with Crippen LogP contribution in [0.3, 0.4) is 0 Å². The summed E-state index contributed by atoms with van der Waals surface area (Å²) in [6.07, 6.45) is 1.52. The van der Waals surface area contributed by atoms with Crippen LogP contribution >= 0.6 is 11.8 Å². The van der Waals surface area contributed by atoms with Gasteiger partial charge in [-0.2, -0.15) is 5.10 Å². The van der Waals surface area contributed by atoms with Crippen LogP contribution in [-0.2, 0) is 5.75 Å². The fourth-order valence-electron chi connectivity index (χ4n) is 1.98. The number of oxime groups is 1.